The zero-order valence-electron chi connectivity index (χ0n) is 13.1. The van der Waals surface area contributed by atoms with Crippen molar-refractivity contribution in [3.63, 3.8) is 0 Å². The maximum Gasteiger partial charge on any atom is 0.322 e. The monoisotopic (exact) mass is 335 g/mol. The number of amides is 2. The van der Waals surface area contributed by atoms with Crippen LogP contribution in [0.1, 0.15) is 10.4 Å². The summed E-state index contributed by atoms with van der Waals surface area (Å²) in [6.07, 6.45) is 4.49. The quantitative estimate of drug-likeness (QED) is 0.784. The fraction of sp³-hybridized carbons (Fsp3) is 0.158. The van der Waals surface area contributed by atoms with Crippen molar-refractivity contribution in [2.24, 2.45) is 0 Å². The topological polar surface area (TPSA) is 45.2 Å². The van der Waals surface area contributed by atoms with Gasteiger partial charge >= 0.3 is 6.03 Å². The van der Waals surface area contributed by atoms with E-state index in [9.17, 15) is 4.79 Å². The van der Waals surface area contributed by atoms with Gasteiger partial charge in [-0.05, 0) is 58.8 Å². The second kappa shape index (κ2) is 6.45. The summed E-state index contributed by atoms with van der Waals surface area (Å²) >= 11 is 1.65. The summed E-state index contributed by atoms with van der Waals surface area (Å²) < 4.78 is 0. The molecule has 120 valence electrons. The van der Waals surface area contributed by atoms with E-state index in [4.69, 9.17) is 0 Å². The Hall–Kier alpha value is -2.66. The summed E-state index contributed by atoms with van der Waals surface area (Å²) in [6, 6.07) is 14.3. The molecule has 0 atom stereocenters. The first-order chi connectivity index (χ1) is 11.8. The lowest BCUT2D eigenvalue weighted by atomic mass is 10.0. The van der Waals surface area contributed by atoms with Gasteiger partial charge in [0.25, 0.3) is 0 Å². The van der Waals surface area contributed by atoms with Gasteiger partial charge in [0, 0.05) is 29.5 Å². The number of aromatic nitrogens is 1. The van der Waals surface area contributed by atoms with Crippen molar-refractivity contribution in [1.29, 1.82) is 0 Å². The summed E-state index contributed by atoms with van der Waals surface area (Å²) in [5.41, 5.74) is 4.54. The molecule has 2 aromatic heterocycles. The number of rotatable bonds is 3. The number of hydrogen-bond donors (Lipinski definition) is 1. The number of pyridine rings is 1. The molecule has 3 aromatic rings. The third kappa shape index (κ3) is 2.90. The zero-order chi connectivity index (χ0) is 16.4. The number of fused-ring (bicyclic) bond motifs is 1. The largest absolute Gasteiger partial charge is 0.333 e. The van der Waals surface area contributed by atoms with Crippen molar-refractivity contribution >= 4 is 23.1 Å². The Morgan fingerprint density at radius 2 is 2.04 bits per heavy atom. The molecule has 5 heteroatoms. The molecule has 1 aromatic carbocycles. The maximum atomic E-state index is 12.5. The second-order valence-corrected chi connectivity index (χ2v) is 6.75. The van der Waals surface area contributed by atoms with E-state index in [2.05, 4.69) is 22.4 Å². The lowest BCUT2D eigenvalue weighted by molar-refractivity contribution is 0.246. The Labute approximate surface area is 144 Å². The van der Waals surface area contributed by atoms with E-state index in [1.807, 2.05) is 40.6 Å². The fourth-order valence-corrected chi connectivity index (χ4v) is 3.65. The van der Waals surface area contributed by atoms with Crippen LogP contribution >= 0.6 is 11.3 Å². The first-order valence-corrected chi connectivity index (χ1v) is 8.80. The molecule has 0 radical (unpaired) electrons. The molecule has 0 aliphatic carbocycles. The van der Waals surface area contributed by atoms with Gasteiger partial charge in [-0.25, -0.2) is 4.79 Å². The molecule has 1 aliphatic rings. The number of carbonyl (C=O) groups excluding carboxylic acids is 1. The Bertz CT molecular complexity index is 846. The van der Waals surface area contributed by atoms with E-state index in [1.165, 1.54) is 5.56 Å². The molecule has 4 nitrogen and oxygen atoms in total. The van der Waals surface area contributed by atoms with Crippen LogP contribution in [0, 0.1) is 0 Å². The minimum atomic E-state index is -0.0289. The number of hydrogen-bond acceptors (Lipinski definition) is 3. The van der Waals surface area contributed by atoms with E-state index in [1.54, 1.807) is 23.7 Å². The number of nitrogens with one attached hydrogen (secondary N) is 1. The van der Waals surface area contributed by atoms with Crippen molar-refractivity contribution in [3.05, 3.63) is 70.7 Å². The van der Waals surface area contributed by atoms with Gasteiger partial charge in [-0.2, -0.15) is 0 Å². The molecule has 2 amide bonds. The number of thiophene rings is 1. The van der Waals surface area contributed by atoms with Gasteiger partial charge in [0.05, 0.1) is 6.54 Å². The average Bonchev–Trinajstić information content (AvgIpc) is 3.29. The molecule has 1 aliphatic heterocycles. The average molecular weight is 335 g/mol. The number of carbonyl (C=O) groups is 1. The molecule has 0 bridgehead atoms. The van der Waals surface area contributed by atoms with E-state index in [0.717, 1.165) is 34.7 Å². The van der Waals surface area contributed by atoms with Crippen LogP contribution in [0.5, 0.6) is 0 Å². The standard InChI is InChI=1S/C19H17N3OS/c23-19(21-13-17-2-1-11-24-17)22-10-7-16-12-15(3-4-18(16)22)14-5-8-20-9-6-14/h1-6,8-9,11-12H,7,10,13H2,(H,21,23). The first kappa shape index (κ1) is 14.9. The third-order valence-electron chi connectivity index (χ3n) is 4.23. The third-order valence-corrected chi connectivity index (χ3v) is 5.10. The first-order valence-electron chi connectivity index (χ1n) is 7.92. The van der Waals surface area contributed by atoms with Gasteiger partial charge in [-0.3, -0.25) is 9.88 Å². The van der Waals surface area contributed by atoms with Gasteiger partial charge in [0.15, 0.2) is 0 Å². The van der Waals surface area contributed by atoms with Crippen molar-refractivity contribution < 1.29 is 4.79 Å². The van der Waals surface area contributed by atoms with Crippen LogP contribution in [0.2, 0.25) is 0 Å². The Balaban J connectivity index is 1.51. The molecule has 0 unspecified atom stereocenters. The predicted octanol–water partition coefficient (Wildman–Crippen LogP) is 4.08. The summed E-state index contributed by atoms with van der Waals surface area (Å²) in [5, 5.41) is 5.02. The van der Waals surface area contributed by atoms with Crippen LogP contribution < -0.4 is 10.2 Å². The maximum absolute atomic E-state index is 12.5. The Morgan fingerprint density at radius 1 is 1.17 bits per heavy atom. The van der Waals surface area contributed by atoms with Gasteiger partial charge in [-0.1, -0.05) is 12.1 Å². The van der Waals surface area contributed by atoms with E-state index in [-0.39, 0.29) is 6.03 Å². The lowest BCUT2D eigenvalue weighted by Crippen LogP contribution is -2.38. The van der Waals surface area contributed by atoms with Crippen molar-refractivity contribution in [3.8, 4) is 11.1 Å². The molecule has 4 rings (SSSR count). The van der Waals surface area contributed by atoms with E-state index in [0.29, 0.717) is 6.54 Å². The second-order valence-electron chi connectivity index (χ2n) is 5.72. The van der Waals surface area contributed by atoms with E-state index >= 15 is 0 Å². The summed E-state index contributed by atoms with van der Waals surface area (Å²) in [5.74, 6) is 0. The molecule has 1 N–H and O–H groups in total. The van der Waals surface area contributed by atoms with Gasteiger partial charge in [0.1, 0.15) is 0 Å². The van der Waals surface area contributed by atoms with Crippen LogP contribution in [-0.2, 0) is 13.0 Å². The highest BCUT2D eigenvalue weighted by Crippen LogP contribution is 2.32. The highest BCUT2D eigenvalue weighted by Gasteiger charge is 2.24. The van der Waals surface area contributed by atoms with Gasteiger partial charge in [-0.15, -0.1) is 11.3 Å². The molecular formula is C19H17N3OS. The fourth-order valence-electron chi connectivity index (χ4n) is 3.01. The Kier molecular flexibility index (Phi) is 4.01. The van der Waals surface area contributed by atoms with Gasteiger partial charge in [0.2, 0.25) is 0 Å². The summed E-state index contributed by atoms with van der Waals surface area (Å²) in [7, 11) is 0. The van der Waals surface area contributed by atoms with E-state index < -0.39 is 0 Å². The van der Waals surface area contributed by atoms with Crippen LogP contribution in [-0.4, -0.2) is 17.6 Å². The highest BCUT2D eigenvalue weighted by molar-refractivity contribution is 7.09. The normalized spacial score (nSPS) is 12.9. The minimum Gasteiger partial charge on any atom is -0.333 e. The number of urea groups is 1. The van der Waals surface area contributed by atoms with Crippen LogP contribution in [0.15, 0.2) is 60.2 Å². The minimum absolute atomic E-state index is 0.0289. The molecule has 0 fully saturated rings. The molecular weight excluding hydrogens is 318 g/mol. The van der Waals surface area contributed by atoms with Gasteiger partial charge < -0.3 is 5.32 Å². The number of nitrogens with zero attached hydrogens (tertiary/aromatic N) is 2. The van der Waals surface area contributed by atoms with Crippen LogP contribution in [0.25, 0.3) is 11.1 Å². The highest BCUT2D eigenvalue weighted by atomic mass is 32.1. The van der Waals surface area contributed by atoms with Crippen LogP contribution in [0.3, 0.4) is 0 Å². The molecule has 24 heavy (non-hydrogen) atoms. The molecule has 0 spiro atoms. The molecule has 0 saturated carbocycles. The number of anilines is 1. The van der Waals surface area contributed by atoms with Crippen molar-refractivity contribution in [1.82, 2.24) is 10.3 Å². The summed E-state index contributed by atoms with van der Waals surface area (Å²) in [6.45, 7) is 1.31. The predicted molar refractivity (Wildman–Crippen MR) is 97.3 cm³/mol. The zero-order valence-corrected chi connectivity index (χ0v) is 13.9. The number of benzene rings is 1. The van der Waals surface area contributed by atoms with Crippen molar-refractivity contribution in [2.75, 3.05) is 11.4 Å². The molecule has 3 heterocycles. The SMILES string of the molecule is O=C(NCc1cccs1)N1CCc2cc(-c3ccncc3)ccc21. The van der Waals surface area contributed by atoms with Crippen LogP contribution in [0.4, 0.5) is 10.5 Å². The smallest absolute Gasteiger partial charge is 0.322 e. The molecule has 0 saturated heterocycles. The summed E-state index contributed by atoms with van der Waals surface area (Å²) in [4.78, 5) is 19.5. The lowest BCUT2D eigenvalue weighted by Gasteiger charge is -2.18. The Morgan fingerprint density at radius 3 is 2.83 bits per heavy atom. The van der Waals surface area contributed by atoms with Crippen molar-refractivity contribution in [2.45, 2.75) is 13.0 Å².